The molecule has 2 aromatic rings. The number of carbonyl (C=O) groups is 2. The SMILES string of the molecule is CC1Sc2ccc(C(=O)Nc3cccc(SN4CCCC4)c3)cc2N(C)C1=O. The van der Waals surface area contributed by atoms with Gasteiger partial charge in [0.1, 0.15) is 0 Å². The molecular weight excluding hydrogens is 390 g/mol. The van der Waals surface area contributed by atoms with E-state index in [1.165, 1.54) is 24.6 Å². The van der Waals surface area contributed by atoms with Gasteiger partial charge in [0.05, 0.1) is 10.9 Å². The number of nitrogens with zero attached hydrogens (tertiary/aromatic N) is 2. The minimum absolute atomic E-state index is 0.0571. The number of anilines is 2. The molecule has 0 aromatic heterocycles. The summed E-state index contributed by atoms with van der Waals surface area (Å²) >= 11 is 3.28. The second-order valence-corrected chi connectivity index (χ2v) is 9.60. The van der Waals surface area contributed by atoms with Gasteiger partial charge in [-0.25, -0.2) is 4.31 Å². The lowest BCUT2D eigenvalue weighted by atomic mass is 10.1. The maximum atomic E-state index is 12.8. The number of thioether (sulfide) groups is 1. The van der Waals surface area contributed by atoms with E-state index in [1.54, 1.807) is 30.0 Å². The molecule has 1 atom stereocenters. The monoisotopic (exact) mass is 413 g/mol. The van der Waals surface area contributed by atoms with E-state index >= 15 is 0 Å². The number of carbonyl (C=O) groups excluding carboxylic acids is 2. The van der Waals surface area contributed by atoms with Crippen molar-refractivity contribution in [3.05, 3.63) is 48.0 Å². The minimum atomic E-state index is -0.171. The van der Waals surface area contributed by atoms with Gasteiger partial charge in [0.25, 0.3) is 5.91 Å². The highest BCUT2D eigenvalue weighted by Gasteiger charge is 2.28. The summed E-state index contributed by atoms with van der Waals surface area (Å²) in [7, 11) is 1.76. The number of nitrogens with one attached hydrogen (secondary N) is 1. The summed E-state index contributed by atoms with van der Waals surface area (Å²) in [5, 5.41) is 2.88. The van der Waals surface area contributed by atoms with E-state index in [-0.39, 0.29) is 17.1 Å². The summed E-state index contributed by atoms with van der Waals surface area (Å²) in [5.41, 5.74) is 2.12. The first-order chi connectivity index (χ1) is 13.5. The third kappa shape index (κ3) is 4.06. The van der Waals surface area contributed by atoms with Crippen LogP contribution < -0.4 is 10.2 Å². The fourth-order valence-corrected chi connectivity index (χ4v) is 5.58. The van der Waals surface area contributed by atoms with E-state index in [0.717, 1.165) is 34.3 Å². The summed E-state index contributed by atoms with van der Waals surface area (Å²) in [6, 6.07) is 13.5. The first-order valence-corrected chi connectivity index (χ1v) is 11.1. The Morgan fingerprint density at radius 1 is 1.18 bits per heavy atom. The summed E-state index contributed by atoms with van der Waals surface area (Å²) < 4.78 is 2.36. The third-order valence-corrected chi connectivity index (χ3v) is 7.20. The van der Waals surface area contributed by atoms with E-state index in [9.17, 15) is 9.59 Å². The van der Waals surface area contributed by atoms with E-state index in [1.807, 2.05) is 37.3 Å². The van der Waals surface area contributed by atoms with Crippen molar-refractivity contribution < 1.29 is 9.59 Å². The zero-order valence-corrected chi connectivity index (χ0v) is 17.6. The summed E-state index contributed by atoms with van der Waals surface area (Å²) in [4.78, 5) is 28.8. The third-order valence-electron chi connectivity index (χ3n) is 4.96. The van der Waals surface area contributed by atoms with Gasteiger partial charge in [-0.1, -0.05) is 6.07 Å². The molecule has 1 fully saturated rings. The standard InChI is InChI=1S/C21H23N3O2S2/c1-14-21(26)23(2)18-12-15(8-9-19(18)27-14)20(25)22-16-6-5-7-17(13-16)28-24-10-3-4-11-24/h5-9,12-14H,3-4,10-11H2,1-2H3,(H,22,25). The quantitative estimate of drug-likeness (QED) is 0.748. The topological polar surface area (TPSA) is 52.7 Å². The lowest BCUT2D eigenvalue weighted by Gasteiger charge is -2.29. The molecule has 2 amide bonds. The van der Waals surface area contributed by atoms with Crippen LogP contribution in [0.1, 0.15) is 30.1 Å². The molecule has 2 aliphatic heterocycles. The van der Waals surface area contributed by atoms with Crippen LogP contribution in [0.4, 0.5) is 11.4 Å². The summed E-state index contributed by atoms with van der Waals surface area (Å²) in [6.45, 7) is 4.12. The molecule has 0 spiro atoms. The number of hydrogen-bond donors (Lipinski definition) is 1. The lowest BCUT2D eigenvalue weighted by Crippen LogP contribution is -2.36. The molecule has 0 saturated carbocycles. The number of rotatable bonds is 4. The van der Waals surface area contributed by atoms with Gasteiger partial charge >= 0.3 is 0 Å². The first kappa shape index (κ1) is 19.4. The molecule has 0 radical (unpaired) electrons. The maximum absolute atomic E-state index is 12.8. The van der Waals surface area contributed by atoms with Crippen molar-refractivity contribution in [2.45, 2.75) is 34.8 Å². The van der Waals surface area contributed by atoms with Crippen LogP contribution in [-0.2, 0) is 4.79 Å². The predicted molar refractivity (Wildman–Crippen MR) is 116 cm³/mol. The zero-order chi connectivity index (χ0) is 19.7. The smallest absolute Gasteiger partial charge is 0.255 e. The second-order valence-electron chi connectivity index (χ2n) is 7.05. The average Bonchev–Trinajstić information content (AvgIpc) is 3.19. The first-order valence-electron chi connectivity index (χ1n) is 9.44. The molecule has 5 nitrogen and oxygen atoms in total. The van der Waals surface area contributed by atoms with E-state index < -0.39 is 0 Å². The van der Waals surface area contributed by atoms with Crippen LogP contribution in [0, 0.1) is 0 Å². The zero-order valence-electron chi connectivity index (χ0n) is 16.0. The van der Waals surface area contributed by atoms with Crippen molar-refractivity contribution in [1.29, 1.82) is 0 Å². The van der Waals surface area contributed by atoms with E-state index in [4.69, 9.17) is 0 Å². The normalized spacial score (nSPS) is 19.6. The Bertz CT molecular complexity index is 912. The van der Waals surface area contributed by atoms with Gasteiger partial charge in [-0.2, -0.15) is 0 Å². The molecule has 2 aliphatic rings. The number of fused-ring (bicyclic) bond motifs is 1. The van der Waals surface area contributed by atoms with Crippen molar-refractivity contribution in [3.63, 3.8) is 0 Å². The fraction of sp³-hybridized carbons (Fsp3) is 0.333. The van der Waals surface area contributed by atoms with E-state index in [0.29, 0.717) is 5.56 Å². The van der Waals surface area contributed by atoms with Gasteiger partial charge in [0.2, 0.25) is 5.91 Å². The predicted octanol–water partition coefficient (Wildman–Crippen LogP) is 4.50. The van der Waals surface area contributed by atoms with Gasteiger partial charge in [0, 0.05) is 41.2 Å². The Balaban J connectivity index is 1.49. The van der Waals surface area contributed by atoms with Crippen molar-refractivity contribution >= 4 is 46.9 Å². The van der Waals surface area contributed by atoms with Gasteiger partial charge in [-0.05, 0) is 68.1 Å². The van der Waals surface area contributed by atoms with Crippen LogP contribution in [-0.4, -0.2) is 41.5 Å². The highest BCUT2D eigenvalue weighted by molar-refractivity contribution is 8.01. The second kappa shape index (κ2) is 8.19. The van der Waals surface area contributed by atoms with Gasteiger partial charge < -0.3 is 10.2 Å². The van der Waals surface area contributed by atoms with Gasteiger partial charge in [-0.3, -0.25) is 9.59 Å². The summed E-state index contributed by atoms with van der Waals surface area (Å²) in [5.74, 6) is -0.114. The fourth-order valence-electron chi connectivity index (χ4n) is 3.42. The van der Waals surface area contributed by atoms with Crippen LogP contribution >= 0.6 is 23.7 Å². The number of amides is 2. The van der Waals surface area contributed by atoms with Crippen molar-refractivity contribution in [2.24, 2.45) is 0 Å². The van der Waals surface area contributed by atoms with Gasteiger partial charge in [-0.15, -0.1) is 11.8 Å². The number of benzene rings is 2. The molecular formula is C21H23N3O2S2. The largest absolute Gasteiger partial charge is 0.322 e. The van der Waals surface area contributed by atoms with Crippen molar-refractivity contribution in [1.82, 2.24) is 4.31 Å². The average molecular weight is 414 g/mol. The van der Waals surface area contributed by atoms with Crippen molar-refractivity contribution in [3.8, 4) is 0 Å². The Morgan fingerprint density at radius 2 is 1.96 bits per heavy atom. The Labute approximate surface area is 174 Å². The summed E-state index contributed by atoms with van der Waals surface area (Å²) in [6.07, 6.45) is 2.49. The molecule has 2 heterocycles. The van der Waals surface area contributed by atoms with Gasteiger partial charge in [0.15, 0.2) is 0 Å². The molecule has 0 aliphatic carbocycles. The van der Waals surface area contributed by atoms with Crippen LogP contribution in [0.2, 0.25) is 0 Å². The molecule has 0 bridgehead atoms. The van der Waals surface area contributed by atoms with Crippen LogP contribution in [0.5, 0.6) is 0 Å². The Morgan fingerprint density at radius 3 is 2.75 bits per heavy atom. The minimum Gasteiger partial charge on any atom is -0.322 e. The van der Waals surface area contributed by atoms with Crippen molar-refractivity contribution in [2.75, 3.05) is 30.4 Å². The Hall–Kier alpha value is -1.96. The Kier molecular flexibility index (Phi) is 5.66. The molecule has 1 unspecified atom stereocenters. The molecule has 28 heavy (non-hydrogen) atoms. The van der Waals surface area contributed by atoms with Crippen LogP contribution in [0.25, 0.3) is 0 Å². The van der Waals surface area contributed by atoms with Crippen LogP contribution in [0.3, 0.4) is 0 Å². The molecule has 2 aromatic carbocycles. The van der Waals surface area contributed by atoms with E-state index in [2.05, 4.69) is 15.7 Å². The lowest BCUT2D eigenvalue weighted by molar-refractivity contribution is -0.117. The molecule has 146 valence electrons. The molecule has 1 N–H and O–H groups in total. The maximum Gasteiger partial charge on any atom is 0.255 e. The van der Waals surface area contributed by atoms with Crippen LogP contribution in [0.15, 0.2) is 52.3 Å². The number of hydrogen-bond acceptors (Lipinski definition) is 5. The highest BCUT2D eigenvalue weighted by atomic mass is 32.2. The molecule has 7 heteroatoms. The molecule has 1 saturated heterocycles. The molecule has 4 rings (SSSR count). The highest BCUT2D eigenvalue weighted by Crippen LogP contribution is 2.39.